The third-order valence-electron chi connectivity index (χ3n) is 1.85. The van der Waals surface area contributed by atoms with Gasteiger partial charge in [0.1, 0.15) is 11.5 Å². The molecule has 0 aromatic heterocycles. The average molecular weight is 217 g/mol. The molecular weight excluding hydrogens is 205 g/mol. The van der Waals surface area contributed by atoms with Gasteiger partial charge in [-0.25, -0.2) is 0 Å². The van der Waals surface area contributed by atoms with Crippen LogP contribution in [-0.2, 0) is 11.0 Å². The van der Waals surface area contributed by atoms with E-state index in [1.807, 2.05) is 0 Å². The fourth-order valence-corrected chi connectivity index (χ4v) is 1.46. The molecule has 0 amide bonds. The molecule has 5 nitrogen and oxygen atoms in total. The van der Waals surface area contributed by atoms with Gasteiger partial charge in [0.15, 0.2) is 0 Å². The molecule has 0 aliphatic carbocycles. The number of nitrogens with two attached hydrogens (primary N) is 1. The van der Waals surface area contributed by atoms with Gasteiger partial charge in [-0.2, -0.15) is 0 Å². The van der Waals surface area contributed by atoms with E-state index in [2.05, 4.69) is 0 Å². The highest BCUT2D eigenvalue weighted by Crippen LogP contribution is 2.40. The maximum atomic E-state index is 10.7. The Hall–Kier alpha value is -0.870. The topological polar surface area (TPSA) is 104 Å². The van der Waals surface area contributed by atoms with Gasteiger partial charge in [-0.3, -0.25) is 4.57 Å². The van der Waals surface area contributed by atoms with Crippen LogP contribution in [0.1, 0.15) is 5.56 Å². The molecule has 78 valence electrons. The molecule has 1 atom stereocenters. The minimum Gasteiger partial charge on any atom is -0.508 e. The first-order valence-corrected chi connectivity index (χ1v) is 5.67. The van der Waals surface area contributed by atoms with E-state index in [9.17, 15) is 9.67 Å². The number of benzene rings is 1. The third-order valence-corrected chi connectivity index (χ3v) is 2.90. The summed E-state index contributed by atoms with van der Waals surface area (Å²) >= 11 is 0. The van der Waals surface area contributed by atoms with E-state index in [4.69, 9.17) is 15.5 Å². The molecule has 6 heteroatoms. The Balaban J connectivity index is 2.80. The van der Waals surface area contributed by atoms with E-state index in [0.29, 0.717) is 5.56 Å². The number of rotatable bonds is 3. The highest BCUT2D eigenvalue weighted by Gasteiger charge is 2.25. The van der Waals surface area contributed by atoms with Crippen LogP contribution in [0.4, 0.5) is 0 Å². The van der Waals surface area contributed by atoms with Crippen LogP contribution in [-0.4, -0.2) is 20.7 Å². The molecule has 0 bridgehead atoms. The van der Waals surface area contributed by atoms with Crippen LogP contribution in [0.3, 0.4) is 0 Å². The highest BCUT2D eigenvalue weighted by molar-refractivity contribution is 7.52. The zero-order valence-corrected chi connectivity index (χ0v) is 8.26. The number of aromatic hydroxyl groups is 1. The van der Waals surface area contributed by atoms with Crippen LogP contribution in [0, 0.1) is 0 Å². The number of hydrogen-bond donors (Lipinski definition) is 4. The third kappa shape index (κ3) is 2.82. The van der Waals surface area contributed by atoms with Gasteiger partial charge in [-0.05, 0) is 11.6 Å². The first-order chi connectivity index (χ1) is 6.41. The predicted octanol–water partition coefficient (Wildman–Crippen LogP) is 0.397. The van der Waals surface area contributed by atoms with Gasteiger partial charge in [-0.15, -0.1) is 0 Å². The zero-order valence-electron chi connectivity index (χ0n) is 7.37. The van der Waals surface area contributed by atoms with Crippen LogP contribution in [0.5, 0.6) is 5.75 Å². The van der Waals surface area contributed by atoms with Gasteiger partial charge in [-0.1, -0.05) is 18.2 Å². The van der Waals surface area contributed by atoms with E-state index < -0.39 is 13.4 Å². The molecule has 0 saturated carbocycles. The predicted molar refractivity (Wildman–Crippen MR) is 51.8 cm³/mol. The normalized spacial score (nSPS) is 13.9. The molecule has 1 aromatic carbocycles. The molecule has 0 saturated heterocycles. The molecular formula is C8H12NO4P. The van der Waals surface area contributed by atoms with E-state index in [0.717, 1.165) is 0 Å². The largest absolute Gasteiger partial charge is 0.508 e. The summed E-state index contributed by atoms with van der Waals surface area (Å²) in [5.41, 5.74) is 5.71. The minimum atomic E-state index is -4.28. The van der Waals surface area contributed by atoms with Crippen molar-refractivity contribution >= 4 is 7.60 Å². The Bertz CT molecular complexity index is 362. The summed E-state index contributed by atoms with van der Waals surface area (Å²) < 4.78 is 10.7. The van der Waals surface area contributed by atoms with Crippen molar-refractivity contribution in [1.29, 1.82) is 0 Å². The fourth-order valence-electron chi connectivity index (χ4n) is 1.03. The fraction of sp³-hybridized carbons (Fsp3) is 0.250. The molecule has 1 rings (SSSR count). The summed E-state index contributed by atoms with van der Waals surface area (Å²) in [5.74, 6) is -1.27. The molecule has 0 aliphatic rings. The Labute approximate surface area is 81.3 Å². The van der Waals surface area contributed by atoms with Crippen molar-refractivity contribution in [1.82, 2.24) is 0 Å². The summed E-state index contributed by atoms with van der Waals surface area (Å²) in [6.07, 6.45) is -0.0447. The van der Waals surface area contributed by atoms with Crippen LogP contribution in [0.15, 0.2) is 24.3 Å². The molecule has 5 N–H and O–H groups in total. The van der Waals surface area contributed by atoms with Crippen molar-refractivity contribution in [3.63, 3.8) is 0 Å². The Morgan fingerprint density at radius 3 is 2.43 bits per heavy atom. The molecule has 1 aromatic rings. The van der Waals surface area contributed by atoms with Crippen molar-refractivity contribution < 1.29 is 19.5 Å². The molecule has 1 unspecified atom stereocenters. The maximum absolute atomic E-state index is 10.7. The van der Waals surface area contributed by atoms with E-state index in [1.165, 1.54) is 6.07 Å². The zero-order chi connectivity index (χ0) is 10.8. The van der Waals surface area contributed by atoms with Crippen LogP contribution in [0.25, 0.3) is 0 Å². The Morgan fingerprint density at radius 2 is 1.93 bits per heavy atom. The van der Waals surface area contributed by atoms with Crippen molar-refractivity contribution in [2.75, 3.05) is 0 Å². The van der Waals surface area contributed by atoms with E-state index in [-0.39, 0.29) is 12.2 Å². The van der Waals surface area contributed by atoms with Crippen LogP contribution >= 0.6 is 7.60 Å². The van der Waals surface area contributed by atoms with Crippen molar-refractivity contribution in [2.24, 2.45) is 5.73 Å². The SMILES string of the molecule is NC(Cc1ccccc1O)P(=O)(O)O. The molecule has 0 fully saturated rings. The summed E-state index contributed by atoms with van der Waals surface area (Å²) in [6.45, 7) is 0. The number of para-hydroxylation sites is 1. The summed E-state index contributed by atoms with van der Waals surface area (Å²) in [7, 11) is -4.28. The van der Waals surface area contributed by atoms with Gasteiger partial charge in [0.05, 0.1) is 0 Å². The number of phenolic OH excluding ortho intramolecular Hbond substituents is 1. The number of hydrogen-bond acceptors (Lipinski definition) is 3. The lowest BCUT2D eigenvalue weighted by Gasteiger charge is -2.13. The van der Waals surface area contributed by atoms with Gasteiger partial charge in [0.25, 0.3) is 0 Å². The van der Waals surface area contributed by atoms with Gasteiger partial charge in [0, 0.05) is 6.42 Å². The Morgan fingerprint density at radius 1 is 1.36 bits per heavy atom. The van der Waals surface area contributed by atoms with Gasteiger partial charge < -0.3 is 20.6 Å². The minimum absolute atomic E-state index is 0.00333. The van der Waals surface area contributed by atoms with Crippen molar-refractivity contribution in [3.8, 4) is 5.75 Å². The lowest BCUT2D eigenvalue weighted by atomic mass is 10.1. The molecule has 0 radical (unpaired) electrons. The Kier molecular flexibility index (Phi) is 3.29. The van der Waals surface area contributed by atoms with E-state index in [1.54, 1.807) is 18.2 Å². The van der Waals surface area contributed by atoms with Crippen molar-refractivity contribution in [2.45, 2.75) is 12.2 Å². The van der Waals surface area contributed by atoms with Gasteiger partial charge >= 0.3 is 7.60 Å². The second-order valence-electron chi connectivity index (χ2n) is 2.99. The molecule has 0 heterocycles. The standard InChI is InChI=1S/C8H12NO4P/c9-8(14(11,12)13)5-6-3-1-2-4-7(6)10/h1-4,8,10H,5,9H2,(H2,11,12,13). The van der Waals surface area contributed by atoms with E-state index >= 15 is 0 Å². The monoisotopic (exact) mass is 217 g/mol. The maximum Gasteiger partial charge on any atom is 0.342 e. The second kappa shape index (κ2) is 4.11. The quantitative estimate of drug-likeness (QED) is 0.548. The van der Waals surface area contributed by atoms with Crippen molar-refractivity contribution in [3.05, 3.63) is 29.8 Å². The summed E-state index contributed by atoms with van der Waals surface area (Å²) in [6, 6.07) is 6.32. The second-order valence-corrected chi connectivity index (χ2v) is 4.83. The smallest absolute Gasteiger partial charge is 0.342 e. The first-order valence-electron chi connectivity index (χ1n) is 3.99. The highest BCUT2D eigenvalue weighted by atomic mass is 31.2. The van der Waals surface area contributed by atoms with Gasteiger partial charge in [0.2, 0.25) is 0 Å². The lowest BCUT2D eigenvalue weighted by Crippen LogP contribution is -2.22. The average Bonchev–Trinajstić information content (AvgIpc) is 2.07. The summed E-state index contributed by atoms with van der Waals surface area (Å²) in [5, 5.41) is 9.32. The number of phenols is 1. The van der Waals surface area contributed by atoms with Crippen LogP contribution in [0.2, 0.25) is 0 Å². The first kappa shape index (κ1) is 11.2. The molecule has 14 heavy (non-hydrogen) atoms. The molecule has 0 aliphatic heterocycles. The molecule has 0 spiro atoms. The summed E-state index contributed by atoms with van der Waals surface area (Å²) in [4.78, 5) is 17.5. The van der Waals surface area contributed by atoms with Crippen LogP contribution < -0.4 is 5.73 Å². The lowest BCUT2D eigenvalue weighted by molar-refractivity contribution is 0.357.